The van der Waals surface area contributed by atoms with E-state index in [1.54, 1.807) is 22.6 Å². The number of halogens is 2. The molecule has 2 aromatic heterocycles. The molecule has 0 radical (unpaired) electrons. The number of hydrogen-bond donors (Lipinski definition) is 2. The quantitative estimate of drug-likeness (QED) is 0.241. The Kier molecular flexibility index (Phi) is 8.74. The Morgan fingerprint density at radius 3 is 2.81 bits per heavy atom. The Hall–Kier alpha value is -2.79. The zero-order valence-electron chi connectivity index (χ0n) is 18.0. The fraction of sp³-hybridized carbons (Fsp3) is 0.429. The number of carbonyl (C=O) groups is 1. The van der Waals surface area contributed by atoms with Gasteiger partial charge >= 0.3 is 0 Å². The Balaban J connectivity index is 1.72. The van der Waals surface area contributed by atoms with Gasteiger partial charge in [0.1, 0.15) is 17.5 Å². The van der Waals surface area contributed by atoms with Crippen LogP contribution in [0.3, 0.4) is 0 Å². The van der Waals surface area contributed by atoms with Crippen LogP contribution in [0.25, 0.3) is 11.0 Å². The average molecular weight is 465 g/mol. The number of nitrogens with one attached hydrogen (secondary N) is 2. The summed E-state index contributed by atoms with van der Waals surface area (Å²) in [5.41, 5.74) is 0.429. The van der Waals surface area contributed by atoms with E-state index < -0.39 is 17.5 Å². The molecule has 2 heterocycles. The van der Waals surface area contributed by atoms with E-state index >= 15 is 0 Å². The molecule has 0 fully saturated rings. The fourth-order valence-corrected chi connectivity index (χ4v) is 3.62. The number of rotatable bonds is 12. The first-order valence-electron chi connectivity index (χ1n) is 10.4. The Morgan fingerprint density at radius 1 is 1.22 bits per heavy atom. The molecule has 2 N–H and O–H groups in total. The van der Waals surface area contributed by atoms with Gasteiger partial charge in [-0.1, -0.05) is 18.7 Å². The molecular weight excluding hydrogens is 438 g/mol. The van der Waals surface area contributed by atoms with Crippen molar-refractivity contribution >= 4 is 34.5 Å². The van der Waals surface area contributed by atoms with Crippen molar-refractivity contribution in [2.75, 3.05) is 37.4 Å². The van der Waals surface area contributed by atoms with Crippen LogP contribution < -0.4 is 10.6 Å². The summed E-state index contributed by atoms with van der Waals surface area (Å²) >= 11 is 1.56. The van der Waals surface area contributed by atoms with E-state index in [1.807, 2.05) is 6.92 Å². The molecule has 0 aliphatic heterocycles. The summed E-state index contributed by atoms with van der Waals surface area (Å²) in [6.07, 6.45) is 2.67. The fourth-order valence-electron chi connectivity index (χ4n) is 2.92. The van der Waals surface area contributed by atoms with Gasteiger partial charge in [0.15, 0.2) is 10.8 Å². The van der Waals surface area contributed by atoms with Crippen molar-refractivity contribution in [3.05, 3.63) is 41.6 Å². The number of nitrogens with zero attached hydrogens (tertiary/aromatic N) is 4. The van der Waals surface area contributed by atoms with Gasteiger partial charge in [-0.2, -0.15) is 5.10 Å². The molecule has 0 unspecified atom stereocenters. The molecule has 0 bridgehead atoms. The summed E-state index contributed by atoms with van der Waals surface area (Å²) in [4.78, 5) is 21.4. The van der Waals surface area contributed by atoms with E-state index in [1.165, 1.54) is 0 Å². The summed E-state index contributed by atoms with van der Waals surface area (Å²) in [6, 6.07) is 2.85. The number of carbonyl (C=O) groups excluding carboxylic acids is 1. The predicted octanol–water partition coefficient (Wildman–Crippen LogP) is 3.49. The van der Waals surface area contributed by atoms with Gasteiger partial charge in [-0.3, -0.25) is 4.79 Å². The number of hydrogen-bond acceptors (Lipinski definition) is 7. The molecular formula is C21H26F2N6O2S. The van der Waals surface area contributed by atoms with Crippen LogP contribution in [0.4, 0.5) is 14.6 Å². The van der Waals surface area contributed by atoms with Crippen molar-refractivity contribution < 1.29 is 18.3 Å². The highest BCUT2D eigenvalue weighted by atomic mass is 32.2. The third-order valence-electron chi connectivity index (χ3n) is 4.44. The molecule has 172 valence electrons. The van der Waals surface area contributed by atoms with E-state index in [2.05, 4.69) is 32.6 Å². The van der Waals surface area contributed by atoms with Crippen molar-refractivity contribution in [1.29, 1.82) is 0 Å². The molecule has 3 rings (SSSR count). The minimum absolute atomic E-state index is 0.195. The van der Waals surface area contributed by atoms with Crippen LogP contribution >= 0.6 is 11.8 Å². The highest BCUT2D eigenvalue weighted by molar-refractivity contribution is 7.99. The largest absolute Gasteiger partial charge is 0.380 e. The second kappa shape index (κ2) is 11.7. The van der Waals surface area contributed by atoms with Gasteiger partial charge in [-0.05, 0) is 25.5 Å². The molecule has 0 saturated heterocycles. The molecule has 1 aromatic carbocycles. The summed E-state index contributed by atoms with van der Waals surface area (Å²) in [5.74, 6) is -0.690. The summed E-state index contributed by atoms with van der Waals surface area (Å²) in [5, 5.41) is 11.7. The minimum atomic E-state index is -0.903. The van der Waals surface area contributed by atoms with Crippen LogP contribution in [0.5, 0.6) is 0 Å². The zero-order valence-corrected chi connectivity index (χ0v) is 18.8. The van der Waals surface area contributed by atoms with Gasteiger partial charge in [0, 0.05) is 31.5 Å². The SMILES string of the molecule is CCCSc1nc(NCCOCC)c2cnn(CCNC(=O)c3ccc(F)cc3F)c2n1. The van der Waals surface area contributed by atoms with Crippen molar-refractivity contribution in [1.82, 2.24) is 25.1 Å². The molecule has 1 amide bonds. The third kappa shape index (κ3) is 6.13. The number of aromatic nitrogens is 4. The molecule has 11 heteroatoms. The van der Waals surface area contributed by atoms with Crippen LogP contribution in [0.15, 0.2) is 29.6 Å². The standard InChI is InChI=1S/C21H26F2N6O2S/c1-3-11-32-21-27-18(24-8-10-31-4-2)16-13-26-29(19(16)28-21)9-7-25-20(30)15-6-5-14(22)12-17(15)23/h5-6,12-13H,3-4,7-11H2,1-2H3,(H,25,30)(H,24,27,28). The first-order chi connectivity index (χ1) is 15.5. The number of amides is 1. The average Bonchev–Trinajstić information content (AvgIpc) is 3.18. The van der Waals surface area contributed by atoms with Crippen LogP contribution in [-0.4, -0.2) is 57.7 Å². The van der Waals surface area contributed by atoms with Gasteiger partial charge < -0.3 is 15.4 Å². The molecule has 0 aliphatic carbocycles. The van der Waals surface area contributed by atoms with Crippen LogP contribution in [0, 0.1) is 11.6 Å². The second-order valence-electron chi connectivity index (χ2n) is 6.81. The van der Waals surface area contributed by atoms with Crippen molar-refractivity contribution in [2.24, 2.45) is 0 Å². The highest BCUT2D eigenvalue weighted by Crippen LogP contribution is 2.24. The van der Waals surface area contributed by atoms with Gasteiger partial charge in [-0.25, -0.2) is 23.4 Å². The first kappa shape index (κ1) is 23.9. The molecule has 3 aromatic rings. The van der Waals surface area contributed by atoms with Gasteiger partial charge in [0.2, 0.25) is 0 Å². The monoisotopic (exact) mass is 464 g/mol. The number of anilines is 1. The Bertz CT molecular complexity index is 1060. The smallest absolute Gasteiger partial charge is 0.254 e. The molecule has 0 atom stereocenters. The summed E-state index contributed by atoms with van der Waals surface area (Å²) < 4.78 is 33.9. The maximum atomic E-state index is 13.8. The van der Waals surface area contributed by atoms with Gasteiger partial charge in [0.25, 0.3) is 5.91 Å². The maximum Gasteiger partial charge on any atom is 0.254 e. The Morgan fingerprint density at radius 2 is 2.06 bits per heavy atom. The van der Waals surface area contributed by atoms with Crippen molar-refractivity contribution in [2.45, 2.75) is 32.0 Å². The van der Waals surface area contributed by atoms with E-state index in [9.17, 15) is 13.6 Å². The lowest BCUT2D eigenvalue weighted by molar-refractivity contribution is 0.0948. The van der Waals surface area contributed by atoms with E-state index in [-0.39, 0.29) is 12.1 Å². The summed E-state index contributed by atoms with van der Waals surface area (Å²) in [7, 11) is 0. The van der Waals surface area contributed by atoms with Crippen LogP contribution in [0.2, 0.25) is 0 Å². The van der Waals surface area contributed by atoms with Crippen molar-refractivity contribution in [3.63, 3.8) is 0 Å². The lowest BCUT2D eigenvalue weighted by Crippen LogP contribution is -2.28. The van der Waals surface area contributed by atoms with Crippen LogP contribution in [0.1, 0.15) is 30.6 Å². The highest BCUT2D eigenvalue weighted by Gasteiger charge is 2.15. The lowest BCUT2D eigenvalue weighted by atomic mass is 10.2. The first-order valence-corrected chi connectivity index (χ1v) is 11.4. The van der Waals surface area contributed by atoms with Gasteiger partial charge in [0.05, 0.1) is 30.3 Å². The molecule has 32 heavy (non-hydrogen) atoms. The minimum Gasteiger partial charge on any atom is -0.380 e. The van der Waals surface area contributed by atoms with E-state index in [0.29, 0.717) is 49.0 Å². The second-order valence-corrected chi connectivity index (χ2v) is 7.87. The normalized spacial score (nSPS) is 11.1. The van der Waals surface area contributed by atoms with Gasteiger partial charge in [-0.15, -0.1) is 0 Å². The lowest BCUT2D eigenvalue weighted by Gasteiger charge is -2.10. The molecule has 0 aliphatic rings. The number of fused-ring (bicyclic) bond motifs is 1. The predicted molar refractivity (Wildman–Crippen MR) is 120 cm³/mol. The molecule has 0 saturated carbocycles. The Labute approximate surface area is 189 Å². The number of benzene rings is 1. The van der Waals surface area contributed by atoms with Crippen LogP contribution in [-0.2, 0) is 11.3 Å². The zero-order chi connectivity index (χ0) is 22.9. The maximum absolute atomic E-state index is 13.8. The summed E-state index contributed by atoms with van der Waals surface area (Å²) in [6.45, 7) is 6.34. The van der Waals surface area contributed by atoms with Crippen molar-refractivity contribution in [3.8, 4) is 0 Å². The third-order valence-corrected chi connectivity index (χ3v) is 5.49. The number of ether oxygens (including phenoxy) is 1. The van der Waals surface area contributed by atoms with E-state index in [0.717, 1.165) is 29.7 Å². The molecule has 8 nitrogen and oxygen atoms in total. The number of thioether (sulfide) groups is 1. The topological polar surface area (TPSA) is 94.0 Å². The molecule has 0 spiro atoms. The van der Waals surface area contributed by atoms with E-state index in [4.69, 9.17) is 4.74 Å².